The van der Waals surface area contributed by atoms with Gasteiger partial charge in [0.1, 0.15) is 11.6 Å². The van der Waals surface area contributed by atoms with Crippen molar-refractivity contribution in [2.75, 3.05) is 30.4 Å². The lowest BCUT2D eigenvalue weighted by molar-refractivity contribution is -0.114. The van der Waals surface area contributed by atoms with Crippen molar-refractivity contribution < 1.29 is 23.1 Å². The van der Waals surface area contributed by atoms with E-state index in [1.54, 1.807) is 0 Å². The van der Waals surface area contributed by atoms with Gasteiger partial charge in [-0.3, -0.25) is 4.79 Å². The van der Waals surface area contributed by atoms with Gasteiger partial charge in [0.05, 0.1) is 11.4 Å². The van der Waals surface area contributed by atoms with E-state index in [-0.39, 0.29) is 17.4 Å². The zero-order valence-electron chi connectivity index (χ0n) is 18.1. The van der Waals surface area contributed by atoms with Gasteiger partial charge in [-0.15, -0.1) is 0 Å². The smallest absolute Gasteiger partial charge is 0.319 e. The first-order valence-electron chi connectivity index (χ1n) is 10.5. The lowest BCUT2D eigenvalue weighted by Gasteiger charge is -2.40. The lowest BCUT2D eigenvalue weighted by atomic mass is 9.88. The highest BCUT2D eigenvalue weighted by atomic mass is 19.1. The second kappa shape index (κ2) is 10.5. The van der Waals surface area contributed by atoms with Gasteiger partial charge in [0, 0.05) is 44.3 Å². The molecule has 1 aliphatic heterocycles. The molecule has 9 heteroatoms. The van der Waals surface area contributed by atoms with Crippen LogP contribution in [0.25, 0.3) is 0 Å². The minimum atomic E-state index is -0.941. The van der Waals surface area contributed by atoms with Crippen LogP contribution in [0.2, 0.25) is 0 Å². The van der Waals surface area contributed by atoms with Crippen molar-refractivity contribution in [1.82, 2.24) is 10.6 Å². The molecule has 1 aliphatic rings. The standard InChI is InChI=1S/C23H28F2N4O3/c1-15(17-6-4-3-5-7-17)29-23(8-10-32-11-9-23)14-26-22(31)28-21-13-20(27-16(2)30)18(24)12-19(21)25/h3-7,12-13,15,29H,8-11,14H2,1-2H3,(H,27,30)(H2,26,28,31). The molecule has 0 saturated carbocycles. The Balaban J connectivity index is 1.66. The maximum absolute atomic E-state index is 14.1. The van der Waals surface area contributed by atoms with E-state index in [4.69, 9.17) is 4.74 Å². The zero-order valence-corrected chi connectivity index (χ0v) is 18.1. The fourth-order valence-electron chi connectivity index (χ4n) is 3.76. The molecule has 4 N–H and O–H groups in total. The summed E-state index contributed by atoms with van der Waals surface area (Å²) < 4.78 is 33.5. The number of rotatable bonds is 7. The van der Waals surface area contributed by atoms with Crippen molar-refractivity contribution in [1.29, 1.82) is 0 Å². The predicted octanol–water partition coefficient (Wildman–Crippen LogP) is 3.94. The number of benzene rings is 2. The molecule has 3 rings (SSSR count). The predicted molar refractivity (Wildman–Crippen MR) is 118 cm³/mol. The Morgan fingerprint density at radius 1 is 1.03 bits per heavy atom. The minimum Gasteiger partial charge on any atom is -0.381 e. The van der Waals surface area contributed by atoms with Crippen molar-refractivity contribution in [3.05, 3.63) is 59.7 Å². The summed E-state index contributed by atoms with van der Waals surface area (Å²) in [4.78, 5) is 23.7. The number of ether oxygens (including phenoxy) is 1. The van der Waals surface area contributed by atoms with Crippen LogP contribution in [0, 0.1) is 11.6 Å². The molecule has 0 aromatic heterocycles. The second-order valence-corrected chi connectivity index (χ2v) is 7.97. The summed E-state index contributed by atoms with van der Waals surface area (Å²) in [7, 11) is 0. The largest absolute Gasteiger partial charge is 0.381 e. The molecule has 0 aliphatic carbocycles. The molecule has 0 radical (unpaired) electrons. The van der Waals surface area contributed by atoms with Crippen molar-refractivity contribution in [2.24, 2.45) is 0 Å². The van der Waals surface area contributed by atoms with E-state index in [1.807, 2.05) is 30.3 Å². The first-order valence-corrected chi connectivity index (χ1v) is 10.5. The highest BCUT2D eigenvalue weighted by molar-refractivity contribution is 5.92. The Morgan fingerprint density at radius 2 is 1.66 bits per heavy atom. The number of anilines is 2. The van der Waals surface area contributed by atoms with E-state index in [2.05, 4.69) is 28.2 Å². The van der Waals surface area contributed by atoms with Gasteiger partial charge < -0.3 is 26.0 Å². The summed E-state index contributed by atoms with van der Waals surface area (Å²) in [6, 6.07) is 11.1. The Bertz CT molecular complexity index is 950. The highest BCUT2D eigenvalue weighted by Gasteiger charge is 2.34. The minimum absolute atomic E-state index is 0.0499. The van der Waals surface area contributed by atoms with Crippen LogP contribution in [-0.4, -0.2) is 37.2 Å². The molecule has 3 amide bonds. The Kier molecular flexibility index (Phi) is 7.76. The molecular weight excluding hydrogens is 418 g/mol. The van der Waals surface area contributed by atoms with Gasteiger partial charge >= 0.3 is 6.03 Å². The third-order valence-electron chi connectivity index (χ3n) is 5.48. The molecule has 1 unspecified atom stereocenters. The number of amides is 3. The zero-order chi connectivity index (χ0) is 23.1. The van der Waals surface area contributed by atoms with Crippen molar-refractivity contribution in [2.45, 2.75) is 38.3 Å². The van der Waals surface area contributed by atoms with E-state index >= 15 is 0 Å². The third kappa shape index (κ3) is 6.24. The molecule has 1 saturated heterocycles. The first-order chi connectivity index (χ1) is 15.3. The second-order valence-electron chi connectivity index (χ2n) is 7.97. The lowest BCUT2D eigenvalue weighted by Crippen LogP contribution is -2.57. The molecule has 1 heterocycles. The van der Waals surface area contributed by atoms with Crippen molar-refractivity contribution in [3.8, 4) is 0 Å². The number of carbonyl (C=O) groups excluding carboxylic acids is 2. The van der Waals surface area contributed by atoms with Gasteiger partial charge in [0.2, 0.25) is 5.91 Å². The summed E-state index contributed by atoms with van der Waals surface area (Å²) in [5.41, 5.74) is 0.280. The van der Waals surface area contributed by atoms with Crippen molar-refractivity contribution in [3.63, 3.8) is 0 Å². The molecule has 2 aromatic carbocycles. The van der Waals surface area contributed by atoms with Crippen LogP contribution in [0.3, 0.4) is 0 Å². The van der Waals surface area contributed by atoms with Crippen LogP contribution in [0.4, 0.5) is 25.0 Å². The van der Waals surface area contributed by atoms with Crippen molar-refractivity contribution >= 4 is 23.3 Å². The molecule has 172 valence electrons. The topological polar surface area (TPSA) is 91.5 Å². The molecular formula is C23H28F2N4O3. The summed E-state index contributed by atoms with van der Waals surface area (Å²) >= 11 is 0. The van der Waals surface area contributed by atoms with Crippen LogP contribution in [0.15, 0.2) is 42.5 Å². The average Bonchev–Trinajstić information content (AvgIpc) is 2.77. The van der Waals surface area contributed by atoms with E-state index in [9.17, 15) is 18.4 Å². The summed E-state index contributed by atoms with van der Waals surface area (Å²) in [6.45, 7) is 4.68. The van der Waals surface area contributed by atoms with E-state index < -0.39 is 29.1 Å². The van der Waals surface area contributed by atoms with Crippen LogP contribution >= 0.6 is 0 Å². The number of nitrogens with one attached hydrogen (secondary N) is 4. The SMILES string of the molecule is CC(=O)Nc1cc(NC(=O)NCC2(NC(C)c3ccccc3)CCOCC2)c(F)cc1F. The summed E-state index contributed by atoms with van der Waals surface area (Å²) in [5.74, 6) is -2.38. The maximum atomic E-state index is 14.1. The number of halogens is 2. The summed E-state index contributed by atoms with van der Waals surface area (Å²) in [5, 5.41) is 11.1. The van der Waals surface area contributed by atoms with Crippen LogP contribution in [-0.2, 0) is 9.53 Å². The fourth-order valence-corrected chi connectivity index (χ4v) is 3.76. The normalized spacial score (nSPS) is 16.1. The molecule has 2 aromatic rings. The fraction of sp³-hybridized carbons (Fsp3) is 0.391. The van der Waals surface area contributed by atoms with Crippen LogP contribution in [0.5, 0.6) is 0 Å². The quantitative estimate of drug-likeness (QED) is 0.518. The molecule has 1 fully saturated rings. The summed E-state index contributed by atoms with van der Waals surface area (Å²) in [6.07, 6.45) is 1.39. The van der Waals surface area contributed by atoms with Gasteiger partial charge in [-0.05, 0) is 31.4 Å². The first kappa shape index (κ1) is 23.6. The average molecular weight is 446 g/mol. The van der Waals surface area contributed by atoms with Gasteiger partial charge in [0.15, 0.2) is 0 Å². The monoisotopic (exact) mass is 446 g/mol. The Morgan fingerprint density at radius 3 is 2.28 bits per heavy atom. The van der Waals surface area contributed by atoms with E-state index in [1.165, 1.54) is 6.92 Å². The van der Waals surface area contributed by atoms with Gasteiger partial charge in [-0.25, -0.2) is 13.6 Å². The molecule has 0 spiro atoms. The number of hydrogen-bond acceptors (Lipinski definition) is 4. The molecule has 7 nitrogen and oxygen atoms in total. The molecule has 1 atom stereocenters. The Hall–Kier alpha value is -3.04. The van der Waals surface area contributed by atoms with E-state index in [0.29, 0.717) is 38.7 Å². The highest BCUT2D eigenvalue weighted by Crippen LogP contribution is 2.26. The molecule has 0 bridgehead atoms. The number of carbonyl (C=O) groups is 2. The van der Waals surface area contributed by atoms with Gasteiger partial charge in [-0.2, -0.15) is 0 Å². The van der Waals surface area contributed by atoms with Crippen LogP contribution < -0.4 is 21.3 Å². The maximum Gasteiger partial charge on any atom is 0.319 e. The van der Waals surface area contributed by atoms with E-state index in [0.717, 1.165) is 11.6 Å². The third-order valence-corrected chi connectivity index (χ3v) is 5.48. The number of urea groups is 1. The number of hydrogen-bond donors (Lipinski definition) is 4. The molecule has 32 heavy (non-hydrogen) atoms. The van der Waals surface area contributed by atoms with Gasteiger partial charge in [0.25, 0.3) is 0 Å². The Labute approximate surface area is 185 Å². The van der Waals surface area contributed by atoms with Crippen LogP contribution in [0.1, 0.15) is 38.3 Å². The van der Waals surface area contributed by atoms with Gasteiger partial charge in [-0.1, -0.05) is 30.3 Å².